The van der Waals surface area contributed by atoms with Gasteiger partial charge in [-0.3, -0.25) is 0 Å². The SMILES string of the molecule is Cc1c(C)c(C)c(C(Cl)c2ccc(F)c(Br)c2)c(C)c1C. The highest BCUT2D eigenvalue weighted by atomic mass is 79.9. The van der Waals surface area contributed by atoms with Crippen molar-refractivity contribution in [2.75, 3.05) is 0 Å². The molecule has 21 heavy (non-hydrogen) atoms. The fourth-order valence-electron chi connectivity index (χ4n) is 2.75. The summed E-state index contributed by atoms with van der Waals surface area (Å²) in [7, 11) is 0. The van der Waals surface area contributed by atoms with Crippen molar-refractivity contribution in [3.8, 4) is 0 Å². The molecular weight excluding hydrogens is 351 g/mol. The quantitative estimate of drug-likeness (QED) is 0.533. The molecule has 1 unspecified atom stereocenters. The summed E-state index contributed by atoms with van der Waals surface area (Å²) in [6.45, 7) is 10.6. The zero-order valence-electron chi connectivity index (χ0n) is 12.9. The van der Waals surface area contributed by atoms with Gasteiger partial charge in [0.05, 0.1) is 9.85 Å². The molecule has 2 rings (SSSR count). The highest BCUT2D eigenvalue weighted by molar-refractivity contribution is 9.10. The molecule has 0 heterocycles. The van der Waals surface area contributed by atoms with E-state index in [2.05, 4.69) is 50.5 Å². The monoisotopic (exact) mass is 368 g/mol. The summed E-state index contributed by atoms with van der Waals surface area (Å²) in [6.07, 6.45) is 0. The van der Waals surface area contributed by atoms with Gasteiger partial charge in [-0.1, -0.05) is 6.07 Å². The summed E-state index contributed by atoms with van der Waals surface area (Å²) in [5.41, 5.74) is 8.35. The second-order valence-corrected chi connectivity index (χ2v) is 6.87. The number of benzene rings is 2. The third-order valence-electron chi connectivity index (χ3n) is 4.55. The highest BCUT2D eigenvalue weighted by Crippen LogP contribution is 2.38. The minimum absolute atomic E-state index is 0.271. The van der Waals surface area contributed by atoms with E-state index in [0.717, 1.165) is 11.1 Å². The van der Waals surface area contributed by atoms with Gasteiger partial charge in [0.1, 0.15) is 5.82 Å². The van der Waals surface area contributed by atoms with Crippen LogP contribution in [0.3, 0.4) is 0 Å². The van der Waals surface area contributed by atoms with Crippen LogP contribution in [0.25, 0.3) is 0 Å². The molecule has 0 aliphatic rings. The second kappa shape index (κ2) is 6.10. The molecular formula is C18H19BrClF. The van der Waals surface area contributed by atoms with Gasteiger partial charge in [-0.25, -0.2) is 4.39 Å². The van der Waals surface area contributed by atoms with E-state index in [9.17, 15) is 4.39 Å². The van der Waals surface area contributed by atoms with Crippen LogP contribution >= 0.6 is 27.5 Å². The smallest absolute Gasteiger partial charge is 0.137 e. The van der Waals surface area contributed by atoms with Crippen molar-refractivity contribution >= 4 is 27.5 Å². The van der Waals surface area contributed by atoms with Crippen LogP contribution in [0.1, 0.15) is 44.3 Å². The van der Waals surface area contributed by atoms with Crippen molar-refractivity contribution in [2.24, 2.45) is 0 Å². The Balaban J connectivity index is 2.63. The van der Waals surface area contributed by atoms with Crippen LogP contribution in [0, 0.1) is 40.4 Å². The van der Waals surface area contributed by atoms with E-state index in [1.54, 1.807) is 12.1 Å². The number of rotatable bonds is 2. The molecule has 0 amide bonds. The normalized spacial score (nSPS) is 12.6. The topological polar surface area (TPSA) is 0 Å². The van der Waals surface area contributed by atoms with Crippen LogP contribution in [0.4, 0.5) is 4.39 Å². The molecule has 0 fully saturated rings. The number of halogens is 3. The van der Waals surface area contributed by atoms with E-state index in [1.165, 1.54) is 33.9 Å². The van der Waals surface area contributed by atoms with Crippen LogP contribution in [0.2, 0.25) is 0 Å². The Labute approximate surface area is 139 Å². The molecule has 2 aromatic rings. The predicted octanol–water partition coefficient (Wildman–Crippen LogP) is 6.46. The lowest BCUT2D eigenvalue weighted by molar-refractivity contribution is 0.620. The summed E-state index contributed by atoms with van der Waals surface area (Å²) < 4.78 is 13.9. The van der Waals surface area contributed by atoms with Gasteiger partial charge in [0.25, 0.3) is 0 Å². The summed E-state index contributed by atoms with van der Waals surface area (Å²) in [4.78, 5) is 0. The lowest BCUT2D eigenvalue weighted by atomic mass is 9.86. The molecule has 0 aliphatic carbocycles. The molecule has 0 spiro atoms. The lowest BCUT2D eigenvalue weighted by Crippen LogP contribution is -2.06. The molecule has 0 aromatic heterocycles. The Morgan fingerprint density at radius 1 is 0.905 bits per heavy atom. The van der Waals surface area contributed by atoms with Crippen molar-refractivity contribution in [1.82, 2.24) is 0 Å². The maximum Gasteiger partial charge on any atom is 0.137 e. The average molecular weight is 370 g/mol. The molecule has 2 aromatic carbocycles. The zero-order valence-corrected chi connectivity index (χ0v) is 15.3. The molecule has 1 atom stereocenters. The fraction of sp³-hybridized carbons (Fsp3) is 0.333. The van der Waals surface area contributed by atoms with Crippen LogP contribution in [-0.2, 0) is 0 Å². The minimum atomic E-state index is -0.278. The standard InChI is InChI=1S/C18H19BrClF/c1-9-10(2)12(4)17(13(5)11(9)3)18(20)14-6-7-16(21)15(19)8-14/h6-8,18H,1-5H3. The number of hydrogen-bond donors (Lipinski definition) is 0. The van der Waals surface area contributed by atoms with E-state index >= 15 is 0 Å². The van der Waals surface area contributed by atoms with Gasteiger partial charge in [0.15, 0.2) is 0 Å². The molecule has 0 bridgehead atoms. The maximum atomic E-state index is 13.4. The van der Waals surface area contributed by atoms with Crippen molar-refractivity contribution in [3.63, 3.8) is 0 Å². The minimum Gasteiger partial charge on any atom is -0.206 e. The van der Waals surface area contributed by atoms with Crippen molar-refractivity contribution in [1.29, 1.82) is 0 Å². The maximum absolute atomic E-state index is 13.4. The molecule has 3 heteroatoms. The Morgan fingerprint density at radius 3 is 1.86 bits per heavy atom. The van der Waals surface area contributed by atoms with E-state index in [0.29, 0.717) is 4.47 Å². The van der Waals surface area contributed by atoms with Crippen molar-refractivity contribution < 1.29 is 4.39 Å². The Kier molecular flexibility index (Phi) is 4.79. The van der Waals surface area contributed by atoms with Gasteiger partial charge in [0, 0.05) is 0 Å². The molecule has 112 valence electrons. The molecule has 0 N–H and O–H groups in total. The van der Waals surface area contributed by atoms with Gasteiger partial charge < -0.3 is 0 Å². The molecule has 0 saturated heterocycles. The second-order valence-electron chi connectivity index (χ2n) is 5.57. The largest absolute Gasteiger partial charge is 0.206 e. The molecule has 0 nitrogen and oxygen atoms in total. The number of hydrogen-bond acceptors (Lipinski definition) is 0. The van der Waals surface area contributed by atoms with Gasteiger partial charge in [-0.05, 0) is 102 Å². The first-order valence-electron chi connectivity index (χ1n) is 6.91. The van der Waals surface area contributed by atoms with Crippen LogP contribution < -0.4 is 0 Å². The fourth-order valence-corrected chi connectivity index (χ4v) is 3.61. The summed E-state index contributed by atoms with van der Waals surface area (Å²) in [5, 5.41) is -0.278. The van der Waals surface area contributed by atoms with Crippen molar-refractivity contribution in [3.05, 3.63) is 67.4 Å². The summed E-state index contributed by atoms with van der Waals surface area (Å²) in [6, 6.07) is 4.96. The Bertz CT molecular complexity index is 678. The van der Waals surface area contributed by atoms with Crippen LogP contribution in [-0.4, -0.2) is 0 Å². The van der Waals surface area contributed by atoms with E-state index in [-0.39, 0.29) is 11.2 Å². The van der Waals surface area contributed by atoms with Crippen molar-refractivity contribution in [2.45, 2.75) is 40.0 Å². The van der Waals surface area contributed by atoms with Crippen LogP contribution in [0.15, 0.2) is 22.7 Å². The van der Waals surface area contributed by atoms with E-state index in [1.807, 2.05) is 0 Å². The van der Waals surface area contributed by atoms with Gasteiger partial charge in [0.2, 0.25) is 0 Å². The van der Waals surface area contributed by atoms with E-state index in [4.69, 9.17) is 11.6 Å². The molecule has 0 saturated carbocycles. The summed E-state index contributed by atoms with van der Waals surface area (Å²) >= 11 is 9.95. The zero-order chi connectivity index (χ0) is 15.9. The number of alkyl halides is 1. The van der Waals surface area contributed by atoms with Gasteiger partial charge >= 0.3 is 0 Å². The van der Waals surface area contributed by atoms with Gasteiger partial charge in [-0.2, -0.15) is 0 Å². The van der Waals surface area contributed by atoms with Crippen LogP contribution in [0.5, 0.6) is 0 Å². The van der Waals surface area contributed by atoms with E-state index < -0.39 is 0 Å². The molecule has 0 aliphatic heterocycles. The van der Waals surface area contributed by atoms with Gasteiger partial charge in [-0.15, -0.1) is 11.6 Å². The Morgan fingerprint density at radius 2 is 1.38 bits per heavy atom. The summed E-state index contributed by atoms with van der Waals surface area (Å²) in [5.74, 6) is -0.271. The Hall–Kier alpha value is -0.860. The lowest BCUT2D eigenvalue weighted by Gasteiger charge is -2.22. The first-order valence-corrected chi connectivity index (χ1v) is 8.14. The first-order chi connectivity index (χ1) is 9.75. The third-order valence-corrected chi connectivity index (χ3v) is 5.63. The molecule has 0 radical (unpaired) electrons. The first kappa shape index (κ1) is 16.5. The highest BCUT2D eigenvalue weighted by Gasteiger charge is 2.20. The predicted molar refractivity (Wildman–Crippen MR) is 91.9 cm³/mol. The average Bonchev–Trinajstić information content (AvgIpc) is 2.46. The third kappa shape index (κ3) is 2.89.